The van der Waals surface area contributed by atoms with Crippen LogP contribution in [-0.4, -0.2) is 77.8 Å². The van der Waals surface area contributed by atoms with E-state index >= 15 is 0 Å². The lowest BCUT2D eigenvalue weighted by molar-refractivity contribution is 0.149. The van der Waals surface area contributed by atoms with Crippen LogP contribution in [0.4, 0.5) is 0 Å². The van der Waals surface area contributed by atoms with Crippen molar-refractivity contribution in [2.45, 2.75) is 104 Å². The molecule has 6 nitrogen and oxygen atoms in total. The van der Waals surface area contributed by atoms with Gasteiger partial charge in [-0.2, -0.15) is 0 Å². The number of ether oxygens (including phenoxy) is 2. The molecule has 33 heavy (non-hydrogen) atoms. The molecule has 0 aliphatic carbocycles. The first-order valence-corrected chi connectivity index (χ1v) is 22.3. The van der Waals surface area contributed by atoms with Crippen LogP contribution in [0.2, 0.25) is 50.9 Å². The van der Waals surface area contributed by atoms with Gasteiger partial charge in [0, 0.05) is 26.3 Å². The molecule has 0 aliphatic heterocycles. The van der Waals surface area contributed by atoms with E-state index in [2.05, 4.69) is 56.8 Å². The lowest BCUT2D eigenvalue weighted by Gasteiger charge is -2.41. The second-order valence-electron chi connectivity index (χ2n) is 10.7. The van der Waals surface area contributed by atoms with Crippen LogP contribution in [0.5, 0.6) is 0 Å². The minimum Gasteiger partial charge on any atom is -0.437 e. The van der Waals surface area contributed by atoms with Crippen LogP contribution in [0.25, 0.3) is 0 Å². The molecular weight excluding hydrogens is 465 g/mol. The topological polar surface area (TPSA) is 61.0 Å². The fourth-order valence-corrected chi connectivity index (χ4v) is 18.3. The molecule has 0 heterocycles. The lowest BCUT2D eigenvalue weighted by atomic mass is 10.2. The lowest BCUT2D eigenvalue weighted by Crippen LogP contribution is -2.53. The van der Waals surface area contributed by atoms with E-state index in [0.717, 1.165) is 52.6 Å². The summed E-state index contributed by atoms with van der Waals surface area (Å²) in [5, 5.41) is 6.94. The third-order valence-electron chi connectivity index (χ3n) is 6.10. The second-order valence-corrected chi connectivity index (χ2v) is 23.4. The molecule has 0 rings (SSSR count). The van der Waals surface area contributed by atoms with Crippen LogP contribution in [0.15, 0.2) is 0 Å². The maximum Gasteiger partial charge on any atom is 0.311 e. The van der Waals surface area contributed by atoms with E-state index in [1.54, 1.807) is 0 Å². The van der Waals surface area contributed by atoms with E-state index in [-0.39, 0.29) is 0 Å². The zero-order valence-electron chi connectivity index (χ0n) is 23.6. The highest BCUT2D eigenvalue weighted by molar-refractivity contribution is 6.88. The summed E-state index contributed by atoms with van der Waals surface area (Å²) in [6.45, 7) is 27.7. The molecule has 0 bridgehead atoms. The predicted molar refractivity (Wildman–Crippen MR) is 151 cm³/mol. The molecule has 0 radical (unpaired) electrons. The summed E-state index contributed by atoms with van der Waals surface area (Å²) >= 11 is 0. The molecule has 0 aliphatic rings. The summed E-state index contributed by atoms with van der Waals surface area (Å²) < 4.78 is 24.4. The molecule has 0 aromatic carbocycles. The zero-order chi connectivity index (χ0) is 25.2. The molecule has 1 atom stereocenters. The van der Waals surface area contributed by atoms with E-state index in [9.17, 15) is 0 Å². The second kappa shape index (κ2) is 18.6. The first kappa shape index (κ1) is 33.4. The minimum atomic E-state index is -2.14. The number of hydrogen-bond acceptors (Lipinski definition) is 6. The van der Waals surface area contributed by atoms with Gasteiger partial charge in [0.15, 0.2) is 16.6 Å². The Bertz CT molecular complexity index is 469. The van der Waals surface area contributed by atoms with Crippen molar-refractivity contribution in [3.8, 4) is 0 Å². The van der Waals surface area contributed by atoms with Gasteiger partial charge in [0.25, 0.3) is 0 Å². The van der Waals surface area contributed by atoms with Gasteiger partial charge in [-0.25, -0.2) is 0 Å². The van der Waals surface area contributed by atoms with Crippen LogP contribution in [0.1, 0.15) is 52.9 Å². The van der Waals surface area contributed by atoms with Crippen LogP contribution < -0.4 is 10.6 Å². The van der Waals surface area contributed by atoms with Gasteiger partial charge in [0.05, 0.1) is 13.2 Å². The summed E-state index contributed by atoms with van der Waals surface area (Å²) in [7, 11) is -5.64. The van der Waals surface area contributed by atoms with E-state index in [0.29, 0.717) is 5.54 Å². The van der Waals surface area contributed by atoms with Crippen molar-refractivity contribution < 1.29 is 17.7 Å². The van der Waals surface area contributed by atoms with Gasteiger partial charge in [-0.1, -0.05) is 19.8 Å². The number of hydrogen-bond donors (Lipinski definition) is 2. The van der Waals surface area contributed by atoms with Gasteiger partial charge >= 0.3 is 8.56 Å². The van der Waals surface area contributed by atoms with Gasteiger partial charge < -0.3 is 28.3 Å². The molecule has 9 heteroatoms. The van der Waals surface area contributed by atoms with Gasteiger partial charge in [-0.15, -0.1) is 0 Å². The normalized spacial score (nSPS) is 14.1. The predicted octanol–water partition coefficient (Wildman–Crippen LogP) is 5.72. The molecular formula is C24H58N2O4Si3. The fourth-order valence-electron chi connectivity index (χ4n) is 4.16. The third kappa shape index (κ3) is 19.3. The average Bonchev–Trinajstić information content (AvgIpc) is 2.70. The Hall–Kier alpha value is 0.411. The molecule has 0 fully saturated rings. The van der Waals surface area contributed by atoms with Crippen molar-refractivity contribution in [3.05, 3.63) is 0 Å². The Morgan fingerprint density at radius 3 is 1.76 bits per heavy atom. The summed E-state index contributed by atoms with van der Waals surface area (Å²) in [5.74, 6) is 0. The molecule has 0 amide bonds. The van der Waals surface area contributed by atoms with E-state index in [1.165, 1.54) is 38.1 Å². The highest BCUT2D eigenvalue weighted by Gasteiger charge is 2.41. The van der Waals surface area contributed by atoms with Crippen LogP contribution in [0, 0.1) is 0 Å². The minimum absolute atomic E-state index is 0.626. The molecule has 0 saturated carbocycles. The summed E-state index contributed by atoms with van der Waals surface area (Å²) in [6, 6.07) is 1.22. The molecule has 200 valence electrons. The molecule has 0 spiro atoms. The van der Waals surface area contributed by atoms with Crippen molar-refractivity contribution in [1.82, 2.24) is 10.6 Å². The van der Waals surface area contributed by atoms with Crippen LogP contribution >= 0.6 is 0 Å². The smallest absolute Gasteiger partial charge is 0.311 e. The molecule has 0 saturated heterocycles. The quantitative estimate of drug-likeness (QED) is 0.132. The summed E-state index contributed by atoms with van der Waals surface area (Å²) in [5.41, 5.74) is 0.626. The van der Waals surface area contributed by atoms with Crippen molar-refractivity contribution in [3.63, 3.8) is 0 Å². The van der Waals surface area contributed by atoms with Crippen molar-refractivity contribution in [2.24, 2.45) is 0 Å². The highest BCUT2D eigenvalue weighted by atomic mass is 28.5. The molecule has 0 aromatic heterocycles. The first-order chi connectivity index (χ1) is 15.5. The van der Waals surface area contributed by atoms with Crippen molar-refractivity contribution in [2.75, 3.05) is 52.6 Å². The fraction of sp³-hybridized carbons (Fsp3) is 1.00. The Morgan fingerprint density at radius 2 is 1.21 bits per heavy atom. The van der Waals surface area contributed by atoms with Gasteiger partial charge in [0.2, 0.25) is 0 Å². The monoisotopic (exact) mass is 522 g/mol. The molecule has 0 aromatic rings. The summed E-state index contributed by atoms with van der Waals surface area (Å²) in [4.78, 5) is 0. The Kier molecular flexibility index (Phi) is 18.9. The van der Waals surface area contributed by atoms with Crippen LogP contribution in [0.3, 0.4) is 0 Å². The maximum atomic E-state index is 6.85. The highest BCUT2D eigenvalue weighted by Crippen LogP contribution is 2.32. The van der Waals surface area contributed by atoms with E-state index in [1.807, 2.05) is 13.8 Å². The van der Waals surface area contributed by atoms with Crippen LogP contribution in [-0.2, 0) is 17.7 Å². The van der Waals surface area contributed by atoms with Crippen molar-refractivity contribution >= 4 is 25.2 Å². The van der Waals surface area contributed by atoms with E-state index in [4.69, 9.17) is 17.7 Å². The molecule has 2 N–H and O–H groups in total. The standard InChI is InChI=1S/C24H58N2O4Si3/c1-10-27-21-19-25-17-13-12-14-23-31(4,5)29-33(8,9)30-32(6,7)24(3)16-15-18-26-20-22-28-11-2/h24-26H,10-23H2,1-9H3. The number of rotatable bonds is 23. The molecule has 1 unspecified atom stereocenters. The largest absolute Gasteiger partial charge is 0.437 e. The number of unbranched alkanes of at least 4 members (excludes halogenated alkanes) is 2. The van der Waals surface area contributed by atoms with Crippen molar-refractivity contribution in [1.29, 1.82) is 0 Å². The third-order valence-corrected chi connectivity index (χ3v) is 18.6. The number of nitrogens with one attached hydrogen (secondary N) is 2. The zero-order valence-corrected chi connectivity index (χ0v) is 26.6. The SMILES string of the molecule is CCOCCNCCCCC[Si](C)(C)O[Si](C)(C)O[Si](C)(C)C(C)CCCNCCOCC. The maximum absolute atomic E-state index is 6.85. The Labute approximate surface area is 209 Å². The van der Waals surface area contributed by atoms with Gasteiger partial charge in [0.1, 0.15) is 0 Å². The Morgan fingerprint density at radius 1 is 0.667 bits per heavy atom. The average molecular weight is 523 g/mol. The van der Waals surface area contributed by atoms with E-state index < -0.39 is 25.2 Å². The Balaban J connectivity index is 4.19. The first-order valence-electron chi connectivity index (χ1n) is 13.4. The summed E-state index contributed by atoms with van der Waals surface area (Å²) in [6.07, 6.45) is 6.15. The van der Waals surface area contributed by atoms with Gasteiger partial charge in [-0.3, -0.25) is 0 Å². The van der Waals surface area contributed by atoms with Gasteiger partial charge in [-0.05, 0) is 97.1 Å².